The zero-order valence-electron chi connectivity index (χ0n) is 18.5. The molecule has 2 aliphatic rings. The average Bonchev–Trinajstić information content (AvgIpc) is 3.31. The molecule has 0 saturated heterocycles. The molecule has 1 heterocycles. The molecule has 6 heteroatoms. The molecule has 1 amide bonds. The third-order valence-electron chi connectivity index (χ3n) is 6.84. The van der Waals surface area contributed by atoms with Crippen LogP contribution in [0, 0.1) is 5.82 Å². The molecule has 2 fully saturated rings. The van der Waals surface area contributed by atoms with Gasteiger partial charge in [-0.05, 0) is 44.2 Å². The van der Waals surface area contributed by atoms with E-state index < -0.39 is 5.82 Å². The molecule has 2 aliphatic carbocycles. The van der Waals surface area contributed by atoms with Crippen LogP contribution in [0.4, 0.5) is 15.8 Å². The van der Waals surface area contributed by atoms with E-state index in [-0.39, 0.29) is 29.1 Å². The summed E-state index contributed by atoms with van der Waals surface area (Å²) in [7, 11) is 0. The fourth-order valence-corrected chi connectivity index (χ4v) is 5.07. The van der Waals surface area contributed by atoms with Crippen LogP contribution >= 0.6 is 0 Å². The fraction of sp³-hybridized carbons (Fsp3) is 0.600. The highest BCUT2D eigenvalue weighted by atomic mass is 19.1. The van der Waals surface area contributed by atoms with E-state index in [0.29, 0.717) is 17.5 Å². The van der Waals surface area contributed by atoms with Crippen molar-refractivity contribution < 1.29 is 9.18 Å². The maximum absolute atomic E-state index is 15.0. The maximum Gasteiger partial charge on any atom is 0.224 e. The number of hydrogen-bond donors (Lipinski definition) is 2. The van der Waals surface area contributed by atoms with Gasteiger partial charge < -0.3 is 15.2 Å². The summed E-state index contributed by atoms with van der Waals surface area (Å²) in [6.07, 6.45) is 13.9. The van der Waals surface area contributed by atoms with E-state index in [2.05, 4.69) is 15.2 Å². The zero-order valence-corrected chi connectivity index (χ0v) is 18.5. The number of amides is 1. The fourth-order valence-electron chi connectivity index (χ4n) is 5.07. The van der Waals surface area contributed by atoms with Gasteiger partial charge in [0, 0.05) is 24.7 Å². The van der Waals surface area contributed by atoms with E-state index in [1.165, 1.54) is 25.3 Å². The highest BCUT2D eigenvalue weighted by Crippen LogP contribution is 2.34. The number of fused-ring (bicyclic) bond motifs is 1. The molecule has 0 unspecified atom stereocenters. The quantitative estimate of drug-likeness (QED) is 0.559. The third kappa shape index (κ3) is 4.94. The van der Waals surface area contributed by atoms with Crippen LogP contribution in [-0.2, 0) is 4.79 Å². The van der Waals surface area contributed by atoms with Crippen molar-refractivity contribution in [3.05, 3.63) is 34.4 Å². The van der Waals surface area contributed by atoms with Crippen LogP contribution in [0.3, 0.4) is 0 Å². The number of hydrogen-bond acceptors (Lipinski definition) is 3. The van der Waals surface area contributed by atoms with Crippen molar-refractivity contribution in [2.24, 2.45) is 0 Å². The van der Waals surface area contributed by atoms with Crippen molar-refractivity contribution in [1.82, 2.24) is 4.57 Å². The van der Waals surface area contributed by atoms with Gasteiger partial charge in [-0.3, -0.25) is 9.59 Å². The van der Waals surface area contributed by atoms with Crippen LogP contribution in [0.5, 0.6) is 0 Å². The Hall–Kier alpha value is -2.37. The van der Waals surface area contributed by atoms with Crippen LogP contribution in [0.25, 0.3) is 10.9 Å². The van der Waals surface area contributed by atoms with Crippen molar-refractivity contribution in [2.45, 2.75) is 96.1 Å². The molecular weight excluding hydrogens is 393 g/mol. The van der Waals surface area contributed by atoms with Gasteiger partial charge in [-0.1, -0.05) is 45.4 Å². The Morgan fingerprint density at radius 2 is 1.77 bits per heavy atom. The lowest BCUT2D eigenvalue weighted by molar-refractivity contribution is -0.116. The van der Waals surface area contributed by atoms with Crippen molar-refractivity contribution in [1.29, 1.82) is 0 Å². The van der Waals surface area contributed by atoms with E-state index >= 15 is 4.39 Å². The summed E-state index contributed by atoms with van der Waals surface area (Å²) in [4.78, 5) is 25.4. The molecule has 2 aromatic rings. The number of unbranched alkanes of at least 4 members (excludes halogenated alkanes) is 1. The minimum Gasteiger partial charge on any atom is -0.380 e. The van der Waals surface area contributed by atoms with Crippen molar-refractivity contribution >= 4 is 28.2 Å². The molecule has 2 saturated carbocycles. The largest absolute Gasteiger partial charge is 0.380 e. The van der Waals surface area contributed by atoms with Gasteiger partial charge in [0.25, 0.3) is 0 Å². The van der Waals surface area contributed by atoms with Gasteiger partial charge in [0.05, 0.1) is 16.6 Å². The number of aromatic nitrogens is 1. The Morgan fingerprint density at radius 3 is 2.48 bits per heavy atom. The minimum absolute atomic E-state index is 0.160. The first kappa shape index (κ1) is 21.8. The lowest BCUT2D eigenvalue weighted by Gasteiger charge is -2.25. The molecule has 0 aliphatic heterocycles. The van der Waals surface area contributed by atoms with Crippen LogP contribution in [0.15, 0.2) is 23.1 Å². The summed E-state index contributed by atoms with van der Waals surface area (Å²) >= 11 is 0. The standard InChI is InChI=1S/C25H34FN3O2/c1-2-3-13-24(30)28-22-16-29(18-11-7-8-12-18)23-15-21(20(26)14-19(23)25(22)31)27-17-9-5-4-6-10-17/h14-18,27H,2-13H2,1H3,(H,28,30). The van der Waals surface area contributed by atoms with Crippen molar-refractivity contribution in [2.75, 3.05) is 10.6 Å². The SMILES string of the molecule is CCCCC(=O)Nc1cn(C2CCCC2)c2cc(NC3CCCCC3)c(F)cc2c1=O. The highest BCUT2D eigenvalue weighted by Gasteiger charge is 2.23. The number of nitrogens with zero attached hydrogens (tertiary/aromatic N) is 1. The van der Waals surface area contributed by atoms with Crippen LogP contribution in [-0.4, -0.2) is 16.5 Å². The molecule has 2 N–H and O–H groups in total. The van der Waals surface area contributed by atoms with E-state index in [1.807, 2.05) is 13.0 Å². The van der Waals surface area contributed by atoms with E-state index in [4.69, 9.17) is 0 Å². The van der Waals surface area contributed by atoms with Gasteiger partial charge in [-0.15, -0.1) is 0 Å². The summed E-state index contributed by atoms with van der Waals surface area (Å²) in [6, 6.07) is 3.71. The Kier molecular flexibility index (Phi) is 6.93. The molecule has 4 rings (SSSR count). The number of carbonyl (C=O) groups is 1. The molecule has 31 heavy (non-hydrogen) atoms. The molecular formula is C25H34FN3O2. The number of nitrogens with one attached hydrogen (secondary N) is 2. The number of pyridine rings is 1. The first-order chi connectivity index (χ1) is 15.1. The average molecular weight is 428 g/mol. The van der Waals surface area contributed by atoms with Crippen LogP contribution in [0.1, 0.15) is 90.0 Å². The van der Waals surface area contributed by atoms with Gasteiger partial charge in [0.2, 0.25) is 11.3 Å². The Balaban J connectivity index is 1.74. The molecule has 1 aromatic carbocycles. The second-order valence-electron chi connectivity index (χ2n) is 9.20. The van der Waals surface area contributed by atoms with Crippen molar-refractivity contribution in [3.8, 4) is 0 Å². The highest BCUT2D eigenvalue weighted by molar-refractivity contribution is 5.93. The van der Waals surface area contributed by atoms with Gasteiger partial charge in [-0.2, -0.15) is 0 Å². The molecule has 0 bridgehead atoms. The summed E-state index contributed by atoms with van der Waals surface area (Å²) < 4.78 is 17.1. The van der Waals surface area contributed by atoms with E-state index in [1.54, 1.807) is 6.20 Å². The predicted octanol–water partition coefficient (Wildman–Crippen LogP) is 6.13. The number of benzene rings is 1. The number of rotatable bonds is 7. The first-order valence-electron chi connectivity index (χ1n) is 12.0. The number of carbonyl (C=O) groups excluding carboxylic acids is 1. The van der Waals surface area contributed by atoms with Crippen LogP contribution in [0.2, 0.25) is 0 Å². The molecule has 0 spiro atoms. The number of halogens is 1. The first-order valence-corrected chi connectivity index (χ1v) is 12.0. The van der Waals surface area contributed by atoms with Crippen molar-refractivity contribution in [3.63, 3.8) is 0 Å². The second-order valence-corrected chi connectivity index (χ2v) is 9.20. The summed E-state index contributed by atoms with van der Waals surface area (Å²) in [6.45, 7) is 2.03. The topological polar surface area (TPSA) is 63.1 Å². The van der Waals surface area contributed by atoms with Gasteiger partial charge >= 0.3 is 0 Å². The zero-order chi connectivity index (χ0) is 21.8. The summed E-state index contributed by atoms with van der Waals surface area (Å²) in [5.74, 6) is -0.560. The van der Waals surface area contributed by atoms with Crippen LogP contribution < -0.4 is 16.1 Å². The minimum atomic E-state index is -0.400. The molecule has 5 nitrogen and oxygen atoms in total. The lowest BCUT2D eigenvalue weighted by atomic mass is 9.95. The Labute approximate surface area is 183 Å². The third-order valence-corrected chi connectivity index (χ3v) is 6.84. The van der Waals surface area contributed by atoms with E-state index in [0.717, 1.165) is 56.9 Å². The Morgan fingerprint density at radius 1 is 1.06 bits per heavy atom. The molecule has 0 radical (unpaired) electrons. The number of anilines is 2. The smallest absolute Gasteiger partial charge is 0.224 e. The summed E-state index contributed by atoms with van der Waals surface area (Å²) in [5, 5.41) is 6.52. The Bertz CT molecular complexity index is 988. The second kappa shape index (κ2) is 9.84. The predicted molar refractivity (Wildman–Crippen MR) is 124 cm³/mol. The van der Waals surface area contributed by atoms with Gasteiger partial charge in [-0.25, -0.2) is 4.39 Å². The molecule has 1 aromatic heterocycles. The van der Waals surface area contributed by atoms with Gasteiger partial charge in [0.1, 0.15) is 11.5 Å². The normalized spacial score (nSPS) is 17.9. The van der Waals surface area contributed by atoms with Gasteiger partial charge in [0.15, 0.2) is 0 Å². The monoisotopic (exact) mass is 427 g/mol. The maximum atomic E-state index is 15.0. The molecule has 0 atom stereocenters. The molecule has 168 valence electrons. The summed E-state index contributed by atoms with van der Waals surface area (Å²) in [5.41, 5.74) is 1.18. The van der Waals surface area contributed by atoms with E-state index in [9.17, 15) is 9.59 Å². The lowest BCUT2D eigenvalue weighted by Crippen LogP contribution is -2.24.